The summed E-state index contributed by atoms with van der Waals surface area (Å²) in [5, 5.41) is 3.80. The molecule has 0 bridgehead atoms. The first-order valence-electron chi connectivity index (χ1n) is 5.45. The minimum Gasteiger partial charge on any atom is -0.336 e. The van der Waals surface area contributed by atoms with Crippen molar-refractivity contribution in [3.63, 3.8) is 0 Å². The summed E-state index contributed by atoms with van der Waals surface area (Å²) in [6, 6.07) is 5.68. The number of aromatic nitrogens is 3. The minimum atomic E-state index is 0.615. The number of nitrogens with zero attached hydrogens (tertiary/aromatic N) is 3. The average molecular weight is 356 g/mol. The van der Waals surface area contributed by atoms with E-state index in [4.69, 9.17) is 11.6 Å². The molecular weight excluding hydrogens is 348 g/mol. The summed E-state index contributed by atoms with van der Waals surface area (Å²) in [5.74, 6) is 0.674. The van der Waals surface area contributed by atoms with Gasteiger partial charge in [0.15, 0.2) is 10.6 Å². The smallest absolute Gasteiger partial charge is 0.172 e. The van der Waals surface area contributed by atoms with E-state index in [1.165, 1.54) is 11.5 Å². The van der Waals surface area contributed by atoms with Crippen LogP contribution in [-0.2, 0) is 0 Å². The second-order valence-corrected chi connectivity index (χ2v) is 5.91. The van der Waals surface area contributed by atoms with E-state index in [1.807, 2.05) is 25.1 Å². The highest BCUT2D eigenvalue weighted by molar-refractivity contribution is 9.10. The number of aryl methyl sites for hydroxylation is 1. The van der Waals surface area contributed by atoms with Gasteiger partial charge >= 0.3 is 0 Å². The Balaban J connectivity index is 2.04. The van der Waals surface area contributed by atoms with E-state index in [1.54, 1.807) is 6.20 Å². The first-order valence-corrected chi connectivity index (χ1v) is 7.39. The van der Waals surface area contributed by atoms with Crippen LogP contribution in [0.1, 0.15) is 5.69 Å². The van der Waals surface area contributed by atoms with Crippen LogP contribution in [0, 0.1) is 6.92 Å². The Bertz CT molecular complexity index is 759. The topological polar surface area (TPSA) is 50.7 Å². The van der Waals surface area contributed by atoms with E-state index < -0.39 is 0 Å². The maximum Gasteiger partial charge on any atom is 0.172 e. The van der Waals surface area contributed by atoms with Gasteiger partial charge in [-0.25, -0.2) is 9.97 Å². The summed E-state index contributed by atoms with van der Waals surface area (Å²) in [5.41, 5.74) is 2.42. The number of hydrogen-bond donors (Lipinski definition) is 1. The molecule has 0 amide bonds. The molecule has 7 heteroatoms. The maximum absolute atomic E-state index is 6.22. The zero-order valence-corrected chi connectivity index (χ0v) is 13.0. The monoisotopic (exact) mass is 354 g/mol. The molecule has 0 saturated carbocycles. The SMILES string of the molecule is Cc1cnc2c(Nc3cccc(Br)c3Cl)nsc2n1. The number of fused-ring (bicyclic) bond motifs is 1. The lowest BCUT2D eigenvalue weighted by atomic mass is 10.3. The van der Waals surface area contributed by atoms with Gasteiger partial charge in [-0.05, 0) is 46.5 Å². The van der Waals surface area contributed by atoms with E-state index in [9.17, 15) is 0 Å². The Hall–Kier alpha value is -1.24. The third kappa shape index (κ3) is 2.43. The van der Waals surface area contributed by atoms with E-state index >= 15 is 0 Å². The Morgan fingerprint density at radius 2 is 2.21 bits per heavy atom. The van der Waals surface area contributed by atoms with E-state index in [2.05, 4.69) is 35.6 Å². The molecular formula is C12H8BrClN4S. The van der Waals surface area contributed by atoms with E-state index in [0.29, 0.717) is 10.8 Å². The Morgan fingerprint density at radius 3 is 3.05 bits per heavy atom. The molecule has 3 rings (SSSR count). The molecule has 0 spiro atoms. The van der Waals surface area contributed by atoms with Crippen LogP contribution in [0.3, 0.4) is 0 Å². The summed E-state index contributed by atoms with van der Waals surface area (Å²) < 4.78 is 5.17. The van der Waals surface area contributed by atoms with Gasteiger partial charge in [-0.2, -0.15) is 4.37 Å². The van der Waals surface area contributed by atoms with Gasteiger partial charge in [-0.1, -0.05) is 17.7 Å². The van der Waals surface area contributed by atoms with Gasteiger partial charge in [-0.15, -0.1) is 0 Å². The van der Waals surface area contributed by atoms with Crippen LogP contribution >= 0.6 is 39.1 Å². The lowest BCUT2D eigenvalue weighted by molar-refractivity contribution is 1.20. The molecule has 19 heavy (non-hydrogen) atoms. The minimum absolute atomic E-state index is 0.615. The summed E-state index contributed by atoms with van der Waals surface area (Å²) >= 11 is 10.9. The predicted molar refractivity (Wildman–Crippen MR) is 82.4 cm³/mol. The summed E-state index contributed by atoms with van der Waals surface area (Å²) in [6.45, 7) is 1.91. The highest BCUT2D eigenvalue weighted by atomic mass is 79.9. The highest BCUT2D eigenvalue weighted by Crippen LogP contribution is 2.33. The molecule has 1 aromatic carbocycles. The van der Waals surface area contributed by atoms with Crippen molar-refractivity contribution in [2.45, 2.75) is 6.92 Å². The average Bonchev–Trinajstić information content (AvgIpc) is 2.77. The molecule has 0 atom stereocenters. The summed E-state index contributed by atoms with van der Waals surface area (Å²) in [6.07, 6.45) is 1.73. The van der Waals surface area contributed by atoms with Gasteiger partial charge in [0, 0.05) is 10.7 Å². The van der Waals surface area contributed by atoms with Gasteiger partial charge in [0.2, 0.25) is 0 Å². The van der Waals surface area contributed by atoms with E-state index in [0.717, 1.165) is 26.2 Å². The summed E-state index contributed by atoms with van der Waals surface area (Å²) in [7, 11) is 0. The fourth-order valence-corrected chi connectivity index (χ4v) is 2.89. The van der Waals surface area contributed by atoms with Crippen molar-refractivity contribution in [1.29, 1.82) is 0 Å². The van der Waals surface area contributed by atoms with Gasteiger partial charge < -0.3 is 5.32 Å². The molecule has 0 fully saturated rings. The van der Waals surface area contributed by atoms with Crippen LogP contribution < -0.4 is 5.32 Å². The summed E-state index contributed by atoms with van der Waals surface area (Å²) in [4.78, 5) is 9.56. The van der Waals surface area contributed by atoms with Gasteiger partial charge in [0.1, 0.15) is 5.52 Å². The number of nitrogens with one attached hydrogen (secondary N) is 1. The second-order valence-electron chi connectivity index (χ2n) is 3.92. The molecule has 96 valence electrons. The zero-order chi connectivity index (χ0) is 13.4. The zero-order valence-electron chi connectivity index (χ0n) is 9.82. The molecule has 2 heterocycles. The molecule has 0 radical (unpaired) electrons. The van der Waals surface area contributed by atoms with Crippen LogP contribution in [0.15, 0.2) is 28.9 Å². The molecule has 0 aliphatic heterocycles. The predicted octanol–water partition coefficient (Wildman–Crippen LogP) is 4.55. The molecule has 4 nitrogen and oxygen atoms in total. The van der Waals surface area contributed by atoms with Crippen molar-refractivity contribution >= 4 is 60.9 Å². The Kier molecular flexibility index (Phi) is 3.38. The Labute approximate surface area is 127 Å². The van der Waals surface area contributed by atoms with Gasteiger partial charge in [0.05, 0.1) is 16.4 Å². The molecule has 1 N–H and O–H groups in total. The second kappa shape index (κ2) is 5.03. The lowest BCUT2D eigenvalue weighted by Crippen LogP contribution is -1.93. The Morgan fingerprint density at radius 1 is 1.37 bits per heavy atom. The molecule has 2 aromatic heterocycles. The van der Waals surface area contributed by atoms with Gasteiger partial charge in [0.25, 0.3) is 0 Å². The fourth-order valence-electron chi connectivity index (χ4n) is 1.62. The standard InChI is InChI=1S/C12H8BrClN4S/c1-6-5-15-10-11(18-19-12(10)16-6)17-8-4-2-3-7(13)9(8)14/h2-5H,1H3,(H,17,18). The number of anilines is 2. The number of hydrogen-bond acceptors (Lipinski definition) is 5. The third-order valence-corrected chi connectivity index (χ3v) is 4.54. The largest absolute Gasteiger partial charge is 0.336 e. The van der Waals surface area contributed by atoms with Crippen molar-refractivity contribution in [3.05, 3.63) is 39.6 Å². The van der Waals surface area contributed by atoms with E-state index in [-0.39, 0.29) is 0 Å². The highest BCUT2D eigenvalue weighted by Gasteiger charge is 2.11. The van der Waals surface area contributed by atoms with Gasteiger partial charge in [-0.3, -0.25) is 0 Å². The van der Waals surface area contributed by atoms with Crippen molar-refractivity contribution in [2.75, 3.05) is 5.32 Å². The molecule has 3 aromatic rings. The van der Waals surface area contributed by atoms with Crippen molar-refractivity contribution in [1.82, 2.24) is 14.3 Å². The van der Waals surface area contributed by atoms with Crippen LogP contribution in [0.25, 0.3) is 10.3 Å². The first kappa shape index (κ1) is 12.8. The number of halogens is 2. The van der Waals surface area contributed by atoms with Crippen LogP contribution in [0.4, 0.5) is 11.5 Å². The first-order chi connectivity index (χ1) is 9.15. The van der Waals surface area contributed by atoms with Crippen LogP contribution in [-0.4, -0.2) is 14.3 Å². The van der Waals surface area contributed by atoms with Crippen LogP contribution in [0.5, 0.6) is 0 Å². The van der Waals surface area contributed by atoms with Crippen molar-refractivity contribution in [3.8, 4) is 0 Å². The van der Waals surface area contributed by atoms with Crippen LogP contribution in [0.2, 0.25) is 5.02 Å². The fraction of sp³-hybridized carbons (Fsp3) is 0.0833. The molecule has 0 saturated heterocycles. The van der Waals surface area contributed by atoms with Crippen molar-refractivity contribution in [2.24, 2.45) is 0 Å². The van der Waals surface area contributed by atoms with Crippen molar-refractivity contribution < 1.29 is 0 Å². The number of benzene rings is 1. The number of rotatable bonds is 2. The molecule has 0 unspecified atom stereocenters. The normalized spacial score (nSPS) is 10.9. The lowest BCUT2D eigenvalue weighted by Gasteiger charge is -2.06. The maximum atomic E-state index is 6.22. The third-order valence-electron chi connectivity index (χ3n) is 2.51. The quantitative estimate of drug-likeness (QED) is 0.732. The molecule has 0 aliphatic carbocycles. The molecule has 0 aliphatic rings.